The molecule has 0 radical (unpaired) electrons. The third-order valence-electron chi connectivity index (χ3n) is 2.88. The Bertz CT molecular complexity index is 442. The number of hydrogen-bond donors (Lipinski definition) is 1. The minimum absolute atomic E-state index is 0.227. The van der Waals surface area contributed by atoms with E-state index in [0.717, 1.165) is 19.4 Å². The molecule has 2 unspecified atom stereocenters. The lowest BCUT2D eigenvalue weighted by atomic mass is 10.0. The first-order valence-electron chi connectivity index (χ1n) is 5.76. The molecule has 1 aromatic rings. The fraction of sp³-hybridized carbons (Fsp3) is 0.462. The van der Waals surface area contributed by atoms with Crippen molar-refractivity contribution in [1.82, 2.24) is 0 Å². The number of benzene rings is 1. The molecule has 1 aliphatic heterocycles. The summed E-state index contributed by atoms with van der Waals surface area (Å²) in [6.45, 7) is 2.75. The van der Waals surface area contributed by atoms with E-state index in [1.54, 1.807) is 6.07 Å². The zero-order chi connectivity index (χ0) is 12.3. The van der Waals surface area contributed by atoms with Gasteiger partial charge >= 0.3 is 0 Å². The van der Waals surface area contributed by atoms with E-state index in [1.165, 1.54) is 12.1 Å². The van der Waals surface area contributed by atoms with Crippen molar-refractivity contribution in [2.24, 2.45) is 0 Å². The van der Waals surface area contributed by atoms with Crippen molar-refractivity contribution in [3.8, 4) is 6.07 Å². The summed E-state index contributed by atoms with van der Waals surface area (Å²) in [7, 11) is 0. The quantitative estimate of drug-likeness (QED) is 0.855. The SMILES string of the molecule is CC1CC(Nc2cc(F)cc(C#N)c2)CCO1. The smallest absolute Gasteiger partial charge is 0.126 e. The van der Waals surface area contributed by atoms with Crippen LogP contribution in [-0.2, 0) is 4.74 Å². The molecule has 2 atom stereocenters. The van der Waals surface area contributed by atoms with Crippen LogP contribution in [0.25, 0.3) is 0 Å². The van der Waals surface area contributed by atoms with Crippen LogP contribution in [0.5, 0.6) is 0 Å². The maximum atomic E-state index is 13.2. The van der Waals surface area contributed by atoms with Crippen LogP contribution in [0.1, 0.15) is 25.3 Å². The number of rotatable bonds is 2. The van der Waals surface area contributed by atoms with Gasteiger partial charge in [-0.05, 0) is 38.0 Å². The van der Waals surface area contributed by atoms with Crippen LogP contribution < -0.4 is 5.32 Å². The first-order valence-corrected chi connectivity index (χ1v) is 5.76. The molecule has 0 spiro atoms. The molecule has 1 aromatic carbocycles. The van der Waals surface area contributed by atoms with Crippen molar-refractivity contribution in [1.29, 1.82) is 5.26 Å². The van der Waals surface area contributed by atoms with E-state index in [-0.39, 0.29) is 18.0 Å². The van der Waals surface area contributed by atoms with Crippen molar-refractivity contribution >= 4 is 5.69 Å². The average molecular weight is 234 g/mol. The number of nitrogens with one attached hydrogen (secondary N) is 1. The van der Waals surface area contributed by atoms with E-state index in [2.05, 4.69) is 5.32 Å². The predicted octanol–water partition coefficient (Wildman–Crippen LogP) is 2.68. The number of ether oxygens (including phenoxy) is 1. The molecular formula is C13H15FN2O. The monoisotopic (exact) mass is 234 g/mol. The summed E-state index contributed by atoms with van der Waals surface area (Å²) < 4.78 is 18.7. The highest BCUT2D eigenvalue weighted by molar-refractivity contribution is 5.50. The first kappa shape index (κ1) is 11.9. The minimum Gasteiger partial charge on any atom is -0.382 e. The summed E-state index contributed by atoms with van der Waals surface area (Å²) in [5.41, 5.74) is 1.01. The van der Waals surface area contributed by atoms with Crippen molar-refractivity contribution in [3.63, 3.8) is 0 Å². The lowest BCUT2D eigenvalue weighted by Gasteiger charge is -2.28. The van der Waals surface area contributed by atoms with E-state index in [9.17, 15) is 4.39 Å². The fourth-order valence-electron chi connectivity index (χ4n) is 2.10. The molecule has 0 aromatic heterocycles. The lowest BCUT2D eigenvalue weighted by Crippen LogP contribution is -2.32. The van der Waals surface area contributed by atoms with Crippen LogP contribution >= 0.6 is 0 Å². The van der Waals surface area contributed by atoms with E-state index >= 15 is 0 Å². The van der Waals surface area contributed by atoms with E-state index in [1.807, 2.05) is 13.0 Å². The van der Waals surface area contributed by atoms with Gasteiger partial charge in [-0.3, -0.25) is 0 Å². The molecule has 4 heteroatoms. The summed E-state index contributed by atoms with van der Waals surface area (Å²) in [4.78, 5) is 0. The topological polar surface area (TPSA) is 45.0 Å². The van der Waals surface area contributed by atoms with Crippen LogP contribution in [0, 0.1) is 17.1 Å². The molecule has 0 saturated carbocycles. The van der Waals surface area contributed by atoms with Crippen LogP contribution in [0.2, 0.25) is 0 Å². The van der Waals surface area contributed by atoms with Gasteiger partial charge in [-0.2, -0.15) is 5.26 Å². The molecule has 17 heavy (non-hydrogen) atoms. The highest BCUT2D eigenvalue weighted by atomic mass is 19.1. The van der Waals surface area contributed by atoms with Gasteiger partial charge < -0.3 is 10.1 Å². The molecule has 0 aliphatic carbocycles. The molecule has 3 nitrogen and oxygen atoms in total. The highest BCUT2D eigenvalue weighted by Gasteiger charge is 2.19. The Morgan fingerprint density at radius 1 is 1.47 bits per heavy atom. The Hall–Kier alpha value is -1.60. The second-order valence-electron chi connectivity index (χ2n) is 4.39. The Balaban J connectivity index is 2.07. The van der Waals surface area contributed by atoms with Gasteiger partial charge in [0.05, 0.1) is 17.7 Å². The van der Waals surface area contributed by atoms with Crippen molar-refractivity contribution in [2.75, 3.05) is 11.9 Å². The summed E-state index contributed by atoms with van der Waals surface area (Å²) in [5, 5.41) is 12.0. The van der Waals surface area contributed by atoms with Gasteiger partial charge in [-0.1, -0.05) is 0 Å². The van der Waals surface area contributed by atoms with Crippen LogP contribution in [0.3, 0.4) is 0 Å². The second-order valence-corrected chi connectivity index (χ2v) is 4.39. The summed E-state index contributed by atoms with van der Waals surface area (Å²) >= 11 is 0. The van der Waals surface area contributed by atoms with E-state index in [4.69, 9.17) is 10.00 Å². The zero-order valence-electron chi connectivity index (χ0n) is 9.74. The Kier molecular flexibility index (Phi) is 3.60. The maximum absolute atomic E-state index is 13.2. The minimum atomic E-state index is -0.383. The molecule has 1 aliphatic rings. The number of halogens is 1. The summed E-state index contributed by atoms with van der Waals surface area (Å²) in [5.74, 6) is -0.383. The molecule has 1 fully saturated rings. The van der Waals surface area contributed by atoms with Gasteiger partial charge in [0.1, 0.15) is 5.82 Å². The molecule has 0 bridgehead atoms. The van der Waals surface area contributed by atoms with E-state index in [0.29, 0.717) is 11.3 Å². The fourth-order valence-corrected chi connectivity index (χ4v) is 2.10. The van der Waals surface area contributed by atoms with Gasteiger partial charge in [-0.15, -0.1) is 0 Å². The number of anilines is 1. The summed E-state index contributed by atoms with van der Waals surface area (Å²) in [6.07, 6.45) is 2.03. The normalized spacial score (nSPS) is 24.1. The molecule has 0 amide bonds. The number of hydrogen-bond acceptors (Lipinski definition) is 3. The molecule has 90 valence electrons. The third kappa shape index (κ3) is 3.18. The van der Waals surface area contributed by atoms with Gasteiger partial charge in [0.15, 0.2) is 0 Å². The largest absolute Gasteiger partial charge is 0.382 e. The van der Waals surface area contributed by atoms with Crippen molar-refractivity contribution < 1.29 is 9.13 Å². The maximum Gasteiger partial charge on any atom is 0.126 e. The Labute approximate surface area is 100 Å². The van der Waals surface area contributed by atoms with Crippen LogP contribution in [0.15, 0.2) is 18.2 Å². The number of nitrogens with zero attached hydrogens (tertiary/aromatic N) is 1. The standard InChI is InChI=1S/C13H15FN2O/c1-9-4-12(2-3-17-9)16-13-6-10(8-15)5-11(14)7-13/h5-7,9,12,16H,2-4H2,1H3. The predicted molar refractivity (Wildman–Crippen MR) is 63.2 cm³/mol. The van der Waals surface area contributed by atoms with Crippen molar-refractivity contribution in [3.05, 3.63) is 29.6 Å². The highest BCUT2D eigenvalue weighted by Crippen LogP contribution is 2.20. The third-order valence-corrected chi connectivity index (χ3v) is 2.88. The van der Waals surface area contributed by atoms with Crippen LogP contribution in [0.4, 0.5) is 10.1 Å². The molecule has 1 N–H and O–H groups in total. The molecular weight excluding hydrogens is 219 g/mol. The van der Waals surface area contributed by atoms with Gasteiger partial charge in [-0.25, -0.2) is 4.39 Å². The Morgan fingerprint density at radius 2 is 2.29 bits per heavy atom. The molecule has 2 rings (SSSR count). The van der Waals surface area contributed by atoms with Gasteiger partial charge in [0, 0.05) is 18.3 Å². The lowest BCUT2D eigenvalue weighted by molar-refractivity contribution is 0.0232. The summed E-state index contributed by atoms with van der Waals surface area (Å²) in [6, 6.07) is 6.56. The average Bonchev–Trinajstić information content (AvgIpc) is 2.28. The van der Waals surface area contributed by atoms with Gasteiger partial charge in [0.25, 0.3) is 0 Å². The second kappa shape index (κ2) is 5.15. The zero-order valence-corrected chi connectivity index (χ0v) is 9.74. The first-order chi connectivity index (χ1) is 8.17. The Morgan fingerprint density at radius 3 is 3.00 bits per heavy atom. The molecule has 1 saturated heterocycles. The number of nitriles is 1. The van der Waals surface area contributed by atoms with Crippen LogP contribution in [-0.4, -0.2) is 18.8 Å². The molecule has 1 heterocycles. The van der Waals surface area contributed by atoms with Gasteiger partial charge in [0.2, 0.25) is 0 Å². The van der Waals surface area contributed by atoms with E-state index < -0.39 is 0 Å². The van der Waals surface area contributed by atoms with Crippen molar-refractivity contribution in [2.45, 2.75) is 31.9 Å².